The Labute approximate surface area is 101 Å². The molecule has 1 heterocycles. The van der Waals surface area contributed by atoms with Crippen LogP contribution in [-0.4, -0.2) is 36.5 Å². The van der Waals surface area contributed by atoms with Crippen molar-refractivity contribution in [3.8, 4) is 0 Å². The molecule has 0 aliphatic rings. The van der Waals surface area contributed by atoms with Crippen LogP contribution >= 0.6 is 11.8 Å². The fourth-order valence-corrected chi connectivity index (χ4v) is 1.81. The van der Waals surface area contributed by atoms with Gasteiger partial charge in [0.2, 0.25) is 0 Å². The number of rotatable bonds is 9. The van der Waals surface area contributed by atoms with Crippen LogP contribution in [0, 0.1) is 0 Å². The summed E-state index contributed by atoms with van der Waals surface area (Å²) in [6, 6.07) is 0. The Kier molecular flexibility index (Phi) is 7.29. The van der Waals surface area contributed by atoms with Crippen LogP contribution in [0.1, 0.15) is 20.3 Å². The summed E-state index contributed by atoms with van der Waals surface area (Å²) in [7, 11) is 0. The number of ether oxygens (including phenoxy) is 1. The molecule has 1 aromatic heterocycles. The van der Waals surface area contributed by atoms with E-state index in [9.17, 15) is 0 Å². The summed E-state index contributed by atoms with van der Waals surface area (Å²) >= 11 is 1.62. The van der Waals surface area contributed by atoms with E-state index in [1.165, 1.54) is 0 Å². The highest BCUT2D eigenvalue weighted by Crippen LogP contribution is 2.13. The predicted octanol–water partition coefficient (Wildman–Crippen LogP) is 2.17. The van der Waals surface area contributed by atoms with Crippen LogP contribution < -0.4 is 5.32 Å². The molecule has 92 valence electrons. The molecule has 1 aromatic rings. The first-order valence-corrected chi connectivity index (χ1v) is 6.62. The Morgan fingerprint density at radius 1 is 1.50 bits per heavy atom. The summed E-state index contributed by atoms with van der Waals surface area (Å²) < 4.78 is 10.5. The van der Waals surface area contributed by atoms with Crippen LogP contribution in [-0.2, 0) is 4.74 Å². The average molecular weight is 244 g/mol. The van der Waals surface area contributed by atoms with Crippen LogP contribution in [0.2, 0.25) is 0 Å². The van der Waals surface area contributed by atoms with E-state index in [1.54, 1.807) is 24.2 Å². The van der Waals surface area contributed by atoms with E-state index in [4.69, 9.17) is 9.15 Å². The Balaban J connectivity index is 1.82. The summed E-state index contributed by atoms with van der Waals surface area (Å²) in [4.78, 5) is 4.03. The van der Waals surface area contributed by atoms with E-state index < -0.39 is 0 Å². The zero-order valence-corrected chi connectivity index (χ0v) is 10.8. The molecule has 0 radical (unpaired) electrons. The van der Waals surface area contributed by atoms with Crippen molar-refractivity contribution < 1.29 is 9.15 Å². The Morgan fingerprint density at radius 3 is 3.06 bits per heavy atom. The molecular formula is C11H20N2O2S. The lowest BCUT2D eigenvalue weighted by Crippen LogP contribution is -2.20. The van der Waals surface area contributed by atoms with Crippen molar-refractivity contribution in [3.63, 3.8) is 0 Å². The number of aromatic nitrogens is 1. The van der Waals surface area contributed by atoms with Gasteiger partial charge in [0.15, 0.2) is 0 Å². The highest BCUT2D eigenvalue weighted by Gasteiger charge is 1.97. The SMILES string of the molecule is CC(C)OCCCNCCSc1ncco1. The number of nitrogens with one attached hydrogen (secondary N) is 1. The maximum absolute atomic E-state index is 5.44. The van der Waals surface area contributed by atoms with Gasteiger partial charge in [-0.15, -0.1) is 0 Å². The van der Waals surface area contributed by atoms with E-state index in [0.29, 0.717) is 6.10 Å². The topological polar surface area (TPSA) is 47.3 Å². The van der Waals surface area contributed by atoms with Crippen molar-refractivity contribution in [1.82, 2.24) is 10.3 Å². The van der Waals surface area contributed by atoms with Crippen LogP contribution in [0.3, 0.4) is 0 Å². The van der Waals surface area contributed by atoms with Gasteiger partial charge < -0.3 is 14.5 Å². The first kappa shape index (κ1) is 13.5. The van der Waals surface area contributed by atoms with Crippen molar-refractivity contribution in [2.45, 2.75) is 31.6 Å². The molecule has 0 aromatic carbocycles. The van der Waals surface area contributed by atoms with E-state index in [0.717, 1.165) is 37.1 Å². The number of oxazole rings is 1. The largest absolute Gasteiger partial charge is 0.440 e. The lowest BCUT2D eigenvalue weighted by atomic mass is 10.4. The van der Waals surface area contributed by atoms with E-state index >= 15 is 0 Å². The number of thioether (sulfide) groups is 1. The van der Waals surface area contributed by atoms with Gasteiger partial charge in [0, 0.05) is 18.9 Å². The van der Waals surface area contributed by atoms with Gasteiger partial charge in [-0.2, -0.15) is 0 Å². The van der Waals surface area contributed by atoms with Crippen LogP contribution in [0.25, 0.3) is 0 Å². The Bertz CT molecular complexity index is 252. The molecule has 1 rings (SSSR count). The zero-order chi connectivity index (χ0) is 11.6. The van der Waals surface area contributed by atoms with Crippen molar-refractivity contribution in [2.24, 2.45) is 0 Å². The molecule has 16 heavy (non-hydrogen) atoms. The minimum absolute atomic E-state index is 0.334. The molecule has 0 aliphatic heterocycles. The van der Waals surface area contributed by atoms with Gasteiger partial charge in [-0.3, -0.25) is 0 Å². The summed E-state index contributed by atoms with van der Waals surface area (Å²) in [5.41, 5.74) is 0. The lowest BCUT2D eigenvalue weighted by Gasteiger charge is -2.07. The van der Waals surface area contributed by atoms with Crippen molar-refractivity contribution in [3.05, 3.63) is 12.5 Å². The van der Waals surface area contributed by atoms with Crippen molar-refractivity contribution in [1.29, 1.82) is 0 Å². The molecular weight excluding hydrogens is 224 g/mol. The van der Waals surface area contributed by atoms with E-state index in [2.05, 4.69) is 24.1 Å². The van der Waals surface area contributed by atoms with Gasteiger partial charge >= 0.3 is 0 Å². The monoisotopic (exact) mass is 244 g/mol. The summed E-state index contributed by atoms with van der Waals surface area (Å²) in [5.74, 6) is 0.978. The average Bonchev–Trinajstić information content (AvgIpc) is 2.74. The smallest absolute Gasteiger partial charge is 0.255 e. The van der Waals surface area contributed by atoms with Crippen molar-refractivity contribution in [2.75, 3.05) is 25.4 Å². The second-order valence-corrected chi connectivity index (χ2v) is 4.72. The number of nitrogens with zero attached hydrogens (tertiary/aromatic N) is 1. The van der Waals surface area contributed by atoms with Crippen molar-refractivity contribution >= 4 is 11.8 Å². The second-order valence-electron chi connectivity index (χ2n) is 3.67. The van der Waals surface area contributed by atoms with Gasteiger partial charge in [-0.05, 0) is 26.8 Å². The summed E-state index contributed by atoms with van der Waals surface area (Å²) in [6.07, 6.45) is 4.65. The molecule has 0 unspecified atom stereocenters. The molecule has 4 nitrogen and oxygen atoms in total. The highest BCUT2D eigenvalue weighted by atomic mass is 32.2. The predicted molar refractivity (Wildman–Crippen MR) is 65.8 cm³/mol. The molecule has 0 amide bonds. The van der Waals surface area contributed by atoms with Gasteiger partial charge in [0.25, 0.3) is 5.22 Å². The molecule has 0 spiro atoms. The van der Waals surface area contributed by atoms with Gasteiger partial charge in [0.1, 0.15) is 6.26 Å². The zero-order valence-electron chi connectivity index (χ0n) is 9.94. The molecule has 0 aliphatic carbocycles. The second kappa shape index (κ2) is 8.61. The minimum Gasteiger partial charge on any atom is -0.440 e. The molecule has 0 saturated heterocycles. The first-order valence-electron chi connectivity index (χ1n) is 5.63. The Morgan fingerprint density at radius 2 is 2.38 bits per heavy atom. The number of hydrogen-bond donors (Lipinski definition) is 1. The van der Waals surface area contributed by atoms with Crippen LogP contribution in [0.5, 0.6) is 0 Å². The molecule has 0 bridgehead atoms. The molecule has 5 heteroatoms. The molecule has 0 atom stereocenters. The molecule has 1 N–H and O–H groups in total. The third-order valence-corrected chi connectivity index (χ3v) is 2.72. The highest BCUT2D eigenvalue weighted by molar-refractivity contribution is 7.99. The summed E-state index contributed by atoms with van der Waals surface area (Å²) in [6.45, 7) is 6.91. The lowest BCUT2D eigenvalue weighted by molar-refractivity contribution is 0.0772. The van der Waals surface area contributed by atoms with E-state index in [1.807, 2.05) is 0 Å². The fraction of sp³-hybridized carbons (Fsp3) is 0.727. The fourth-order valence-electron chi connectivity index (χ4n) is 1.13. The quantitative estimate of drug-likeness (QED) is 0.533. The Hall–Kier alpha value is -0.520. The minimum atomic E-state index is 0.334. The molecule has 0 saturated carbocycles. The third-order valence-electron chi connectivity index (χ3n) is 1.86. The van der Waals surface area contributed by atoms with E-state index in [-0.39, 0.29) is 0 Å². The van der Waals surface area contributed by atoms with Crippen LogP contribution in [0.15, 0.2) is 22.1 Å². The standard InChI is InChI=1S/C11H20N2O2S/c1-10(2)14-7-3-4-12-6-9-16-11-13-5-8-15-11/h5,8,10,12H,3-4,6-7,9H2,1-2H3. The maximum Gasteiger partial charge on any atom is 0.255 e. The van der Waals surface area contributed by atoms with Gasteiger partial charge in [0.05, 0.1) is 12.3 Å². The third kappa shape index (κ3) is 6.87. The van der Waals surface area contributed by atoms with Crippen LogP contribution in [0.4, 0.5) is 0 Å². The number of hydrogen-bond acceptors (Lipinski definition) is 5. The molecule has 0 fully saturated rings. The maximum atomic E-state index is 5.44. The first-order chi connectivity index (χ1) is 7.79. The normalized spacial score (nSPS) is 11.2. The summed E-state index contributed by atoms with van der Waals surface area (Å²) in [5, 5.41) is 4.09. The van der Waals surface area contributed by atoms with Gasteiger partial charge in [-0.25, -0.2) is 4.98 Å². The van der Waals surface area contributed by atoms with Gasteiger partial charge in [-0.1, -0.05) is 11.8 Å².